The van der Waals surface area contributed by atoms with Crippen LogP contribution in [0.25, 0.3) is 16.6 Å². The molecule has 0 unspecified atom stereocenters. The molecular weight excluding hydrogens is 507 g/mol. The molecule has 204 valence electrons. The van der Waals surface area contributed by atoms with Crippen molar-refractivity contribution < 1.29 is 9.18 Å². The summed E-state index contributed by atoms with van der Waals surface area (Å²) >= 11 is 1.78. The van der Waals surface area contributed by atoms with Crippen LogP contribution in [0.3, 0.4) is 0 Å². The number of thioether (sulfide) groups is 1. The van der Waals surface area contributed by atoms with Crippen LogP contribution in [-0.4, -0.2) is 64.2 Å². The highest BCUT2D eigenvalue weighted by Crippen LogP contribution is 2.36. The minimum absolute atomic E-state index is 0.00661. The van der Waals surface area contributed by atoms with Gasteiger partial charge in [-0.25, -0.2) is 4.39 Å². The molecule has 4 aromatic rings. The number of benzene rings is 2. The lowest BCUT2D eigenvalue weighted by Gasteiger charge is -2.32. The van der Waals surface area contributed by atoms with Crippen molar-refractivity contribution >= 4 is 28.6 Å². The lowest BCUT2D eigenvalue weighted by Crippen LogP contribution is -2.34. The Balaban J connectivity index is 1.37. The molecule has 1 aliphatic heterocycles. The zero-order valence-corrected chi connectivity index (χ0v) is 24.0. The van der Waals surface area contributed by atoms with E-state index in [-0.39, 0.29) is 11.9 Å². The third-order valence-corrected chi connectivity index (χ3v) is 8.83. The number of carbonyl (C=O) groups excluding carboxylic acids is 1. The number of aromatic nitrogens is 2. The highest BCUT2D eigenvalue weighted by atomic mass is 32.2. The summed E-state index contributed by atoms with van der Waals surface area (Å²) in [4.78, 5) is 23.2. The lowest BCUT2D eigenvalue weighted by molar-refractivity contribution is 0.0754. The van der Waals surface area contributed by atoms with E-state index in [0.717, 1.165) is 49.8 Å². The molecule has 1 aliphatic rings. The van der Waals surface area contributed by atoms with E-state index < -0.39 is 5.82 Å². The summed E-state index contributed by atoms with van der Waals surface area (Å²) in [7, 11) is 1.76. The molecule has 0 spiro atoms. The molecule has 0 saturated carbocycles. The van der Waals surface area contributed by atoms with E-state index >= 15 is 0 Å². The predicted molar refractivity (Wildman–Crippen MR) is 159 cm³/mol. The summed E-state index contributed by atoms with van der Waals surface area (Å²) in [5.41, 5.74) is 4.65. The molecule has 0 radical (unpaired) electrons. The summed E-state index contributed by atoms with van der Waals surface area (Å²) in [5.74, 6) is -0.184. The fourth-order valence-corrected chi connectivity index (χ4v) is 5.89. The maximum Gasteiger partial charge on any atom is 0.256 e. The van der Waals surface area contributed by atoms with Gasteiger partial charge in [0.1, 0.15) is 5.82 Å². The van der Waals surface area contributed by atoms with Crippen molar-refractivity contribution in [3.8, 4) is 5.69 Å². The van der Waals surface area contributed by atoms with E-state index in [0.29, 0.717) is 17.2 Å². The summed E-state index contributed by atoms with van der Waals surface area (Å²) < 4.78 is 16.4. The Bertz CT molecular complexity index is 1440. The standard InChI is InChI=1S/C32H37FN4OS/c1-22(2)35(3)32(38)28-19-25(33)7-10-30(28)37-21-29(27-11-15-34-20-31(27)37)24-13-17-36(18-14-24)16-12-23-5-8-26(39-4)9-6-23/h5-11,15,19-22,24H,12-14,16-18H2,1-4H3. The van der Waals surface area contributed by atoms with Crippen LogP contribution in [-0.2, 0) is 6.42 Å². The Morgan fingerprint density at radius 2 is 1.87 bits per heavy atom. The van der Waals surface area contributed by atoms with E-state index in [1.165, 1.54) is 28.2 Å². The van der Waals surface area contributed by atoms with Crippen LogP contribution in [0.4, 0.5) is 4.39 Å². The van der Waals surface area contributed by atoms with Crippen molar-refractivity contribution in [3.63, 3.8) is 0 Å². The second kappa shape index (κ2) is 11.9. The van der Waals surface area contributed by atoms with Crippen molar-refractivity contribution in [2.45, 2.75) is 50.0 Å². The molecule has 5 rings (SSSR count). The molecule has 3 heterocycles. The Morgan fingerprint density at radius 3 is 2.56 bits per heavy atom. The third-order valence-electron chi connectivity index (χ3n) is 8.09. The number of rotatable bonds is 8. The molecule has 2 aromatic carbocycles. The minimum atomic E-state index is -0.415. The van der Waals surface area contributed by atoms with E-state index in [1.807, 2.05) is 30.8 Å². The number of pyridine rings is 1. The van der Waals surface area contributed by atoms with Crippen LogP contribution in [0.1, 0.15) is 54.1 Å². The van der Waals surface area contributed by atoms with Gasteiger partial charge in [0, 0.05) is 42.3 Å². The monoisotopic (exact) mass is 544 g/mol. The topological polar surface area (TPSA) is 41.4 Å². The van der Waals surface area contributed by atoms with Crippen molar-refractivity contribution in [2.75, 3.05) is 32.9 Å². The van der Waals surface area contributed by atoms with Gasteiger partial charge in [0.2, 0.25) is 0 Å². The minimum Gasteiger partial charge on any atom is -0.339 e. The number of halogens is 1. The van der Waals surface area contributed by atoms with Crippen LogP contribution in [0.15, 0.2) is 72.0 Å². The smallest absolute Gasteiger partial charge is 0.256 e. The SMILES string of the molecule is CSc1ccc(CCN2CCC(c3cn(-c4ccc(F)cc4C(=O)N(C)C(C)C)c4cnccc34)CC2)cc1. The van der Waals surface area contributed by atoms with Crippen LogP contribution >= 0.6 is 11.8 Å². The molecule has 0 bridgehead atoms. The van der Waals surface area contributed by atoms with Gasteiger partial charge in [-0.3, -0.25) is 9.78 Å². The zero-order chi connectivity index (χ0) is 27.5. The average Bonchev–Trinajstić information content (AvgIpc) is 3.35. The summed E-state index contributed by atoms with van der Waals surface area (Å²) in [6, 6.07) is 15.5. The molecule has 0 aliphatic carbocycles. The van der Waals surface area contributed by atoms with Crippen LogP contribution in [0.2, 0.25) is 0 Å². The van der Waals surface area contributed by atoms with Gasteiger partial charge in [-0.05, 0) is 106 Å². The van der Waals surface area contributed by atoms with Gasteiger partial charge in [0.25, 0.3) is 5.91 Å². The van der Waals surface area contributed by atoms with Crippen LogP contribution in [0.5, 0.6) is 0 Å². The highest BCUT2D eigenvalue weighted by molar-refractivity contribution is 7.98. The fourth-order valence-electron chi connectivity index (χ4n) is 5.49. The maximum absolute atomic E-state index is 14.3. The van der Waals surface area contributed by atoms with E-state index in [2.05, 4.69) is 52.7 Å². The van der Waals surface area contributed by atoms with Crippen molar-refractivity contribution in [1.82, 2.24) is 19.4 Å². The average molecular weight is 545 g/mol. The Morgan fingerprint density at radius 1 is 1.13 bits per heavy atom. The number of fused-ring (bicyclic) bond motifs is 1. The van der Waals surface area contributed by atoms with E-state index in [4.69, 9.17) is 0 Å². The van der Waals surface area contributed by atoms with Crippen LogP contribution < -0.4 is 0 Å². The van der Waals surface area contributed by atoms with Gasteiger partial charge in [-0.15, -0.1) is 11.8 Å². The van der Waals surface area contributed by atoms with Gasteiger partial charge < -0.3 is 14.4 Å². The number of piperidine rings is 1. The van der Waals surface area contributed by atoms with E-state index in [9.17, 15) is 9.18 Å². The molecule has 5 nitrogen and oxygen atoms in total. The molecule has 39 heavy (non-hydrogen) atoms. The Labute approximate surface area is 235 Å². The van der Waals surface area contributed by atoms with Gasteiger partial charge in [-0.2, -0.15) is 0 Å². The van der Waals surface area contributed by atoms with E-state index in [1.54, 1.807) is 29.8 Å². The highest BCUT2D eigenvalue weighted by Gasteiger charge is 2.26. The number of likely N-dealkylation sites (tertiary alicyclic amines) is 1. The number of hydrogen-bond donors (Lipinski definition) is 0. The second-order valence-corrected chi connectivity index (χ2v) is 11.6. The molecule has 7 heteroatoms. The third kappa shape index (κ3) is 5.89. The summed E-state index contributed by atoms with van der Waals surface area (Å²) in [5, 5.41) is 1.15. The van der Waals surface area contributed by atoms with Gasteiger partial charge in [-0.1, -0.05) is 12.1 Å². The number of carbonyl (C=O) groups is 1. The number of hydrogen-bond acceptors (Lipinski definition) is 4. The number of amides is 1. The van der Waals surface area contributed by atoms with Crippen molar-refractivity contribution in [3.05, 3.63) is 89.6 Å². The molecular formula is C32H37FN4OS. The molecule has 1 amide bonds. The van der Waals surface area contributed by atoms with Gasteiger partial charge >= 0.3 is 0 Å². The van der Waals surface area contributed by atoms with Crippen molar-refractivity contribution in [2.24, 2.45) is 0 Å². The first kappa shape index (κ1) is 27.4. The first-order valence-corrected chi connectivity index (χ1v) is 15.0. The molecule has 1 saturated heterocycles. The first-order valence-electron chi connectivity index (χ1n) is 13.7. The zero-order valence-electron chi connectivity index (χ0n) is 23.2. The molecule has 0 N–H and O–H groups in total. The molecule has 1 fully saturated rings. The molecule has 0 atom stereocenters. The fraction of sp³-hybridized carbons (Fsp3) is 0.375. The first-order chi connectivity index (χ1) is 18.9. The largest absolute Gasteiger partial charge is 0.339 e. The predicted octanol–water partition coefficient (Wildman–Crippen LogP) is 6.79. The normalized spacial score (nSPS) is 14.8. The summed E-state index contributed by atoms with van der Waals surface area (Å²) in [6.07, 6.45) is 11.2. The van der Waals surface area contributed by atoms with Crippen molar-refractivity contribution in [1.29, 1.82) is 0 Å². The van der Waals surface area contributed by atoms with Gasteiger partial charge in [0.15, 0.2) is 0 Å². The molecule has 2 aromatic heterocycles. The Hall–Kier alpha value is -3.16. The quantitative estimate of drug-likeness (QED) is 0.229. The Kier molecular flexibility index (Phi) is 8.38. The van der Waals surface area contributed by atoms with Gasteiger partial charge in [0.05, 0.1) is 23.0 Å². The maximum atomic E-state index is 14.3. The number of nitrogens with zero attached hydrogens (tertiary/aromatic N) is 4. The second-order valence-electron chi connectivity index (χ2n) is 10.7. The van der Waals surface area contributed by atoms with Crippen LogP contribution in [0, 0.1) is 5.82 Å². The summed E-state index contributed by atoms with van der Waals surface area (Å²) in [6.45, 7) is 7.10. The lowest BCUT2D eigenvalue weighted by atomic mass is 9.89.